The zero-order valence-corrected chi connectivity index (χ0v) is 8.47. The van der Waals surface area contributed by atoms with Crippen LogP contribution in [0.3, 0.4) is 0 Å². The van der Waals surface area contributed by atoms with Crippen LogP contribution >= 0.6 is 11.9 Å². The van der Waals surface area contributed by atoms with E-state index in [2.05, 4.69) is 15.7 Å². The molecule has 0 fully saturated rings. The van der Waals surface area contributed by atoms with Crippen molar-refractivity contribution < 1.29 is 4.79 Å². The molecule has 1 amide bonds. The number of carbonyl (C=O) groups is 1. The predicted molar refractivity (Wildman–Crippen MR) is 54.8 cm³/mol. The highest BCUT2D eigenvalue weighted by Gasteiger charge is 2.26. The van der Waals surface area contributed by atoms with Crippen LogP contribution in [-0.4, -0.2) is 27.1 Å². The average Bonchev–Trinajstić information content (AvgIpc) is 2.62. The fraction of sp³-hybridized carbons (Fsp3) is 0.429. The maximum absolute atomic E-state index is 11.0. The van der Waals surface area contributed by atoms with E-state index in [9.17, 15) is 4.79 Å². The second-order valence-corrected chi connectivity index (χ2v) is 3.86. The van der Waals surface area contributed by atoms with E-state index in [1.54, 1.807) is 4.09 Å². The molecule has 0 saturated carbocycles. The number of hydrogen-bond acceptors (Lipinski definition) is 5. The quantitative estimate of drug-likeness (QED) is 0.647. The molecule has 0 aliphatic carbocycles. The van der Waals surface area contributed by atoms with Gasteiger partial charge in [0, 0.05) is 11.9 Å². The molecular formula is C7H11N5OS. The minimum absolute atomic E-state index is 0.0572. The first-order valence-electron chi connectivity index (χ1n) is 4.27. The van der Waals surface area contributed by atoms with Crippen molar-refractivity contribution in [1.82, 2.24) is 14.5 Å². The van der Waals surface area contributed by atoms with Crippen molar-refractivity contribution >= 4 is 23.7 Å². The zero-order chi connectivity index (χ0) is 10.1. The summed E-state index contributed by atoms with van der Waals surface area (Å²) in [5.74, 6) is 0.213. The number of nitrogens with zero attached hydrogens (tertiary/aromatic N) is 2. The van der Waals surface area contributed by atoms with Gasteiger partial charge in [0.25, 0.3) is 5.91 Å². The van der Waals surface area contributed by atoms with E-state index in [0.717, 1.165) is 6.54 Å². The van der Waals surface area contributed by atoms with Crippen LogP contribution in [-0.2, 0) is 0 Å². The number of amides is 1. The van der Waals surface area contributed by atoms with Crippen molar-refractivity contribution in [2.75, 3.05) is 11.9 Å². The Labute approximate surface area is 85.4 Å². The first kappa shape index (κ1) is 9.35. The second-order valence-electron chi connectivity index (χ2n) is 2.83. The first-order chi connectivity index (χ1) is 6.72. The van der Waals surface area contributed by atoms with Crippen molar-refractivity contribution in [2.45, 2.75) is 12.4 Å². The fourth-order valence-corrected chi connectivity index (χ4v) is 2.21. The Kier molecular flexibility index (Phi) is 2.34. The van der Waals surface area contributed by atoms with Gasteiger partial charge in [-0.05, 0) is 6.54 Å². The van der Waals surface area contributed by atoms with Gasteiger partial charge in [-0.15, -0.1) is 0 Å². The highest BCUT2D eigenvalue weighted by Crippen LogP contribution is 2.29. The molecule has 1 aliphatic rings. The Morgan fingerprint density at radius 1 is 1.93 bits per heavy atom. The van der Waals surface area contributed by atoms with Gasteiger partial charge in [0.15, 0.2) is 5.82 Å². The van der Waals surface area contributed by atoms with Crippen molar-refractivity contribution in [1.29, 1.82) is 0 Å². The number of rotatable bonds is 3. The first-order valence-corrected chi connectivity index (χ1v) is 5.11. The second kappa shape index (κ2) is 3.50. The molecule has 0 bridgehead atoms. The van der Waals surface area contributed by atoms with Gasteiger partial charge >= 0.3 is 0 Å². The summed E-state index contributed by atoms with van der Waals surface area (Å²) in [6, 6.07) is 0. The van der Waals surface area contributed by atoms with Crippen LogP contribution in [0.1, 0.15) is 17.3 Å². The fourth-order valence-electron chi connectivity index (χ4n) is 1.25. The molecule has 0 saturated heterocycles. The number of fused-ring (bicyclic) bond motifs is 1. The summed E-state index contributed by atoms with van der Waals surface area (Å²) in [6.07, 6.45) is 1.47. The third-order valence-corrected chi connectivity index (χ3v) is 2.84. The van der Waals surface area contributed by atoms with Crippen molar-refractivity contribution in [2.24, 2.45) is 5.73 Å². The third-order valence-electron chi connectivity index (χ3n) is 1.87. The molecule has 76 valence electrons. The number of anilines is 1. The summed E-state index contributed by atoms with van der Waals surface area (Å²) >= 11 is 1.47. The van der Waals surface area contributed by atoms with Crippen LogP contribution in [0.5, 0.6) is 0 Å². The Balaban J connectivity index is 2.19. The number of nitrogens with one attached hydrogen (secondary N) is 2. The van der Waals surface area contributed by atoms with Crippen molar-refractivity contribution in [3.05, 3.63) is 11.8 Å². The maximum Gasteiger partial charge on any atom is 0.254 e. The summed E-state index contributed by atoms with van der Waals surface area (Å²) < 4.78 is 1.66. The number of aromatic nitrogens is 2. The number of primary amides is 1. The molecule has 6 nitrogen and oxygen atoms in total. The molecule has 0 aromatic carbocycles. The van der Waals surface area contributed by atoms with Crippen LogP contribution in [0.2, 0.25) is 0 Å². The zero-order valence-electron chi connectivity index (χ0n) is 7.65. The summed E-state index contributed by atoms with van der Waals surface area (Å²) in [7, 11) is 0. The monoisotopic (exact) mass is 213 g/mol. The van der Waals surface area contributed by atoms with E-state index in [1.807, 2.05) is 6.92 Å². The van der Waals surface area contributed by atoms with E-state index in [4.69, 9.17) is 5.73 Å². The molecule has 1 aromatic heterocycles. The molecule has 2 rings (SSSR count). The summed E-state index contributed by atoms with van der Waals surface area (Å²) in [6.45, 7) is 2.86. The Bertz CT molecular complexity index is 363. The van der Waals surface area contributed by atoms with Crippen LogP contribution in [0.25, 0.3) is 0 Å². The van der Waals surface area contributed by atoms with Gasteiger partial charge in [-0.1, -0.05) is 6.92 Å². The normalized spacial score (nSPS) is 19.1. The lowest BCUT2D eigenvalue weighted by molar-refractivity contribution is 0.100. The largest absolute Gasteiger partial charge is 0.365 e. The lowest BCUT2D eigenvalue weighted by Gasteiger charge is -2.08. The van der Waals surface area contributed by atoms with E-state index < -0.39 is 5.91 Å². The SMILES string of the molecule is CCNC1Nc2c(C(N)=O)cnn2S1. The van der Waals surface area contributed by atoms with Crippen LogP contribution in [0.4, 0.5) is 5.82 Å². The molecule has 14 heavy (non-hydrogen) atoms. The molecule has 0 spiro atoms. The molecule has 0 radical (unpaired) electrons. The van der Waals surface area contributed by atoms with Crippen molar-refractivity contribution in [3.8, 4) is 0 Å². The van der Waals surface area contributed by atoms with Crippen LogP contribution < -0.4 is 16.4 Å². The molecule has 1 aromatic rings. The van der Waals surface area contributed by atoms with Crippen molar-refractivity contribution in [3.63, 3.8) is 0 Å². The summed E-state index contributed by atoms with van der Waals surface area (Å²) in [5, 5.41) is 10.3. The van der Waals surface area contributed by atoms with E-state index >= 15 is 0 Å². The number of carbonyl (C=O) groups excluding carboxylic acids is 1. The van der Waals surface area contributed by atoms with E-state index in [-0.39, 0.29) is 5.50 Å². The highest BCUT2D eigenvalue weighted by molar-refractivity contribution is 7.98. The summed E-state index contributed by atoms with van der Waals surface area (Å²) in [5.41, 5.74) is 5.67. The van der Waals surface area contributed by atoms with Gasteiger partial charge < -0.3 is 11.1 Å². The summed E-state index contributed by atoms with van der Waals surface area (Å²) in [4.78, 5) is 11.0. The lowest BCUT2D eigenvalue weighted by Crippen LogP contribution is -2.30. The Hall–Kier alpha value is -1.21. The number of hydrogen-bond donors (Lipinski definition) is 3. The standard InChI is InChI=1S/C7H11N5OS/c1-2-9-7-11-6-4(5(8)13)3-10-12(6)14-7/h3,7,9,11H,2H2,1H3,(H2,8,13). The van der Waals surface area contributed by atoms with Gasteiger partial charge in [-0.25, -0.2) is 0 Å². The smallest absolute Gasteiger partial charge is 0.254 e. The predicted octanol–water partition coefficient (Wildman–Crippen LogP) is -0.203. The van der Waals surface area contributed by atoms with E-state index in [0.29, 0.717) is 11.4 Å². The third kappa shape index (κ3) is 1.44. The molecule has 1 atom stereocenters. The minimum Gasteiger partial charge on any atom is -0.365 e. The number of nitrogens with two attached hydrogens (primary N) is 1. The minimum atomic E-state index is -0.462. The van der Waals surface area contributed by atoms with Crippen LogP contribution in [0.15, 0.2) is 6.20 Å². The van der Waals surface area contributed by atoms with Gasteiger partial charge in [0.05, 0.1) is 6.20 Å². The van der Waals surface area contributed by atoms with Gasteiger partial charge in [-0.3, -0.25) is 10.1 Å². The van der Waals surface area contributed by atoms with Gasteiger partial charge in [0.2, 0.25) is 0 Å². The highest BCUT2D eigenvalue weighted by atomic mass is 32.2. The Morgan fingerprint density at radius 2 is 2.71 bits per heavy atom. The molecular weight excluding hydrogens is 202 g/mol. The molecule has 1 unspecified atom stereocenters. The van der Waals surface area contributed by atoms with E-state index in [1.165, 1.54) is 18.1 Å². The molecule has 7 heteroatoms. The Morgan fingerprint density at radius 3 is 3.36 bits per heavy atom. The van der Waals surface area contributed by atoms with Gasteiger partial charge in [0.1, 0.15) is 11.1 Å². The topological polar surface area (TPSA) is 85.0 Å². The molecule has 4 N–H and O–H groups in total. The van der Waals surface area contributed by atoms with Crippen LogP contribution in [0, 0.1) is 0 Å². The average molecular weight is 213 g/mol. The van der Waals surface area contributed by atoms with Gasteiger partial charge in [-0.2, -0.15) is 9.19 Å². The lowest BCUT2D eigenvalue weighted by atomic mass is 10.3. The maximum atomic E-state index is 11.0. The molecule has 2 heterocycles. The molecule has 1 aliphatic heterocycles.